The number of thioether (sulfide) groups is 1. The minimum atomic E-state index is -0.501. The van der Waals surface area contributed by atoms with Crippen LogP contribution in [0.25, 0.3) is 22.2 Å². The molecule has 28 heavy (non-hydrogen) atoms. The third kappa shape index (κ3) is 3.43. The quantitative estimate of drug-likeness (QED) is 0.411. The van der Waals surface area contributed by atoms with Crippen LogP contribution in [0.4, 0.5) is 0 Å². The minimum Gasteiger partial charge on any atom is -0.309 e. The van der Waals surface area contributed by atoms with E-state index in [-0.39, 0.29) is 11.1 Å². The van der Waals surface area contributed by atoms with Crippen LogP contribution in [-0.4, -0.2) is 19.9 Å². The smallest absolute Gasteiger partial charge is 0.270 e. The molecule has 0 atom stereocenters. The molecule has 0 bridgehead atoms. The second kappa shape index (κ2) is 7.50. The van der Waals surface area contributed by atoms with Crippen LogP contribution >= 0.6 is 11.8 Å². The van der Waals surface area contributed by atoms with E-state index in [1.807, 2.05) is 30.3 Å². The largest absolute Gasteiger partial charge is 0.309 e. The molecule has 4 rings (SSSR count). The normalized spacial score (nSPS) is 10.7. The van der Waals surface area contributed by atoms with Crippen LogP contribution in [0.15, 0.2) is 69.3 Å². The van der Waals surface area contributed by atoms with Gasteiger partial charge in [-0.3, -0.25) is 9.59 Å². The summed E-state index contributed by atoms with van der Waals surface area (Å²) in [4.78, 5) is 38.7. The SMILES string of the molecule is N#Cc1c(-c2ccccc2)nc(SCc2nc3ccccc3c(=O)[nH]2)[nH]c1=O. The van der Waals surface area contributed by atoms with Gasteiger partial charge in [0.2, 0.25) is 0 Å². The first-order valence-corrected chi connectivity index (χ1v) is 9.35. The van der Waals surface area contributed by atoms with Gasteiger partial charge in [0.05, 0.1) is 22.3 Å². The molecule has 0 fully saturated rings. The molecule has 0 amide bonds. The molecule has 2 aromatic carbocycles. The van der Waals surface area contributed by atoms with Crippen molar-refractivity contribution in [2.75, 3.05) is 0 Å². The molecule has 0 aliphatic heterocycles. The van der Waals surface area contributed by atoms with Crippen molar-refractivity contribution < 1.29 is 0 Å². The van der Waals surface area contributed by atoms with Crippen LogP contribution in [0, 0.1) is 11.3 Å². The highest BCUT2D eigenvalue weighted by atomic mass is 32.2. The molecule has 0 aliphatic carbocycles. The van der Waals surface area contributed by atoms with Crippen LogP contribution in [0.2, 0.25) is 0 Å². The summed E-state index contributed by atoms with van der Waals surface area (Å²) in [7, 11) is 0. The second-order valence-corrected chi connectivity index (χ2v) is 6.86. The van der Waals surface area contributed by atoms with Crippen molar-refractivity contribution >= 4 is 22.7 Å². The molecule has 2 N–H and O–H groups in total. The molecule has 0 radical (unpaired) electrons. The van der Waals surface area contributed by atoms with Gasteiger partial charge in [0.15, 0.2) is 5.16 Å². The molecule has 0 saturated heterocycles. The van der Waals surface area contributed by atoms with E-state index in [0.29, 0.717) is 38.9 Å². The molecule has 7 nitrogen and oxygen atoms in total. The van der Waals surface area contributed by atoms with E-state index in [0.717, 1.165) is 0 Å². The maximum atomic E-state index is 12.3. The molecule has 0 saturated carbocycles. The Morgan fingerprint density at radius 2 is 1.68 bits per heavy atom. The van der Waals surface area contributed by atoms with Crippen LogP contribution in [0.3, 0.4) is 0 Å². The number of hydrogen-bond donors (Lipinski definition) is 2. The number of para-hydroxylation sites is 1. The van der Waals surface area contributed by atoms with Crippen molar-refractivity contribution in [2.45, 2.75) is 10.9 Å². The van der Waals surface area contributed by atoms with Gasteiger partial charge in [0.1, 0.15) is 17.5 Å². The third-order valence-corrected chi connectivity index (χ3v) is 4.95. The topological polar surface area (TPSA) is 115 Å². The fourth-order valence-corrected chi connectivity index (χ4v) is 3.50. The van der Waals surface area contributed by atoms with Crippen molar-refractivity contribution in [2.24, 2.45) is 0 Å². The van der Waals surface area contributed by atoms with Gasteiger partial charge < -0.3 is 9.97 Å². The van der Waals surface area contributed by atoms with Gasteiger partial charge in [0.25, 0.3) is 11.1 Å². The Bertz CT molecular complexity index is 1320. The summed E-state index contributed by atoms with van der Waals surface area (Å²) in [5.41, 5.74) is 0.866. The van der Waals surface area contributed by atoms with Crippen LogP contribution in [-0.2, 0) is 5.75 Å². The summed E-state index contributed by atoms with van der Waals surface area (Å²) in [6.45, 7) is 0. The van der Waals surface area contributed by atoms with Crippen molar-refractivity contribution in [3.05, 3.63) is 86.7 Å². The van der Waals surface area contributed by atoms with E-state index in [4.69, 9.17) is 0 Å². The summed E-state index contributed by atoms with van der Waals surface area (Å²) in [5.74, 6) is 0.783. The van der Waals surface area contributed by atoms with Crippen molar-refractivity contribution in [3.8, 4) is 17.3 Å². The lowest BCUT2D eigenvalue weighted by atomic mass is 10.1. The summed E-state index contributed by atoms with van der Waals surface area (Å²) in [5, 5.41) is 10.2. The lowest BCUT2D eigenvalue weighted by Gasteiger charge is -2.07. The van der Waals surface area contributed by atoms with Crippen LogP contribution in [0.5, 0.6) is 0 Å². The number of nitriles is 1. The van der Waals surface area contributed by atoms with E-state index in [9.17, 15) is 14.9 Å². The van der Waals surface area contributed by atoms with E-state index >= 15 is 0 Å². The summed E-state index contributed by atoms with van der Waals surface area (Å²) < 4.78 is 0. The Balaban J connectivity index is 1.68. The van der Waals surface area contributed by atoms with Gasteiger partial charge >= 0.3 is 0 Å². The molecule has 2 aromatic heterocycles. The second-order valence-electron chi connectivity index (χ2n) is 5.89. The number of nitrogens with one attached hydrogen (secondary N) is 2. The van der Waals surface area contributed by atoms with E-state index in [2.05, 4.69) is 19.9 Å². The molecule has 0 spiro atoms. The molecule has 136 valence electrons. The Morgan fingerprint density at radius 3 is 2.46 bits per heavy atom. The molecular weight excluding hydrogens is 374 g/mol. The van der Waals surface area contributed by atoms with Gasteiger partial charge in [0, 0.05) is 5.56 Å². The zero-order valence-corrected chi connectivity index (χ0v) is 15.3. The number of rotatable bonds is 4. The number of hydrogen-bond acceptors (Lipinski definition) is 6. The number of aromatic nitrogens is 4. The number of fused-ring (bicyclic) bond motifs is 1. The zero-order chi connectivity index (χ0) is 19.5. The number of H-pyrrole nitrogens is 2. The highest BCUT2D eigenvalue weighted by Gasteiger charge is 2.14. The number of benzene rings is 2. The molecule has 0 aliphatic rings. The van der Waals surface area contributed by atoms with Crippen molar-refractivity contribution in [1.82, 2.24) is 19.9 Å². The highest BCUT2D eigenvalue weighted by molar-refractivity contribution is 7.98. The Labute approximate surface area is 163 Å². The lowest BCUT2D eigenvalue weighted by Crippen LogP contribution is -2.15. The molecular formula is C20H13N5O2S. The van der Waals surface area contributed by atoms with Gasteiger partial charge in [-0.15, -0.1) is 0 Å². The fraction of sp³-hybridized carbons (Fsp3) is 0.0500. The predicted molar refractivity (Wildman–Crippen MR) is 107 cm³/mol. The van der Waals surface area contributed by atoms with Gasteiger partial charge in [-0.2, -0.15) is 5.26 Å². The first-order chi connectivity index (χ1) is 13.7. The summed E-state index contributed by atoms with van der Waals surface area (Å²) in [6.07, 6.45) is 0. The average Bonchev–Trinajstić information content (AvgIpc) is 2.72. The maximum Gasteiger partial charge on any atom is 0.270 e. The standard InChI is InChI=1S/C20H13N5O2S/c21-10-14-17(12-6-2-1-3-7-12)24-20(25-19(14)27)28-11-16-22-15-9-5-4-8-13(15)18(26)23-16/h1-9H,11H2,(H,22,23,26)(H,24,25,27). The monoisotopic (exact) mass is 387 g/mol. The fourth-order valence-electron chi connectivity index (χ4n) is 2.77. The van der Waals surface area contributed by atoms with Gasteiger partial charge in [-0.1, -0.05) is 54.2 Å². The molecule has 2 heterocycles. The maximum absolute atomic E-state index is 12.3. The zero-order valence-electron chi connectivity index (χ0n) is 14.5. The highest BCUT2D eigenvalue weighted by Crippen LogP contribution is 2.23. The van der Waals surface area contributed by atoms with Gasteiger partial charge in [-0.25, -0.2) is 9.97 Å². The van der Waals surface area contributed by atoms with E-state index in [1.165, 1.54) is 11.8 Å². The van der Waals surface area contributed by atoms with Gasteiger partial charge in [-0.05, 0) is 12.1 Å². The summed E-state index contributed by atoms with van der Waals surface area (Å²) >= 11 is 1.22. The minimum absolute atomic E-state index is 0.0345. The average molecular weight is 387 g/mol. The first-order valence-electron chi connectivity index (χ1n) is 8.36. The molecule has 0 unspecified atom stereocenters. The van der Waals surface area contributed by atoms with E-state index < -0.39 is 5.56 Å². The van der Waals surface area contributed by atoms with E-state index in [1.54, 1.807) is 30.3 Å². The van der Waals surface area contributed by atoms with Crippen LogP contribution < -0.4 is 11.1 Å². The van der Waals surface area contributed by atoms with Crippen molar-refractivity contribution in [1.29, 1.82) is 5.26 Å². The van der Waals surface area contributed by atoms with Crippen molar-refractivity contribution in [3.63, 3.8) is 0 Å². The Kier molecular flexibility index (Phi) is 4.74. The number of aromatic amines is 2. The predicted octanol–water partition coefficient (Wildman–Crippen LogP) is 2.84. The third-order valence-electron chi connectivity index (χ3n) is 4.06. The van der Waals surface area contributed by atoms with Crippen LogP contribution in [0.1, 0.15) is 11.4 Å². The Hall–Kier alpha value is -3.70. The molecule has 8 heteroatoms. The lowest BCUT2D eigenvalue weighted by molar-refractivity contribution is 0.930. The molecule has 4 aromatic rings. The number of nitrogens with zero attached hydrogens (tertiary/aromatic N) is 3. The first kappa shape index (κ1) is 17.7. The Morgan fingerprint density at radius 1 is 0.929 bits per heavy atom. The summed E-state index contributed by atoms with van der Waals surface area (Å²) in [6, 6.07) is 18.1.